The van der Waals surface area contributed by atoms with Crippen molar-refractivity contribution in [2.24, 2.45) is 0 Å². The second-order valence-corrected chi connectivity index (χ2v) is 10.4. The van der Waals surface area contributed by atoms with Crippen LogP contribution in [0, 0.1) is 0 Å². The molecule has 0 bridgehead atoms. The number of nitrogens with zero attached hydrogens (tertiary/aromatic N) is 2. The number of rotatable bonds is 3. The highest BCUT2D eigenvalue weighted by atomic mass is 79.9. The molecule has 0 atom stereocenters. The van der Waals surface area contributed by atoms with Crippen LogP contribution in [0.2, 0.25) is 0 Å². The summed E-state index contributed by atoms with van der Waals surface area (Å²) in [5, 5.41) is 4.30. The van der Waals surface area contributed by atoms with Crippen molar-refractivity contribution < 1.29 is 8.83 Å². The van der Waals surface area contributed by atoms with Crippen molar-refractivity contribution in [3.8, 4) is 33.9 Å². The summed E-state index contributed by atoms with van der Waals surface area (Å²) >= 11 is 3.54. The molecule has 8 rings (SSSR count). The van der Waals surface area contributed by atoms with Crippen molar-refractivity contribution in [3.63, 3.8) is 0 Å². The lowest BCUT2D eigenvalue weighted by Gasteiger charge is -2.10. The Morgan fingerprint density at radius 1 is 0.487 bits per heavy atom. The van der Waals surface area contributed by atoms with E-state index in [1.807, 2.05) is 66.7 Å². The van der Waals surface area contributed by atoms with Gasteiger partial charge in [-0.25, -0.2) is 9.97 Å². The zero-order chi connectivity index (χ0) is 25.9. The van der Waals surface area contributed by atoms with Crippen molar-refractivity contribution in [1.82, 2.24) is 9.97 Å². The van der Waals surface area contributed by atoms with E-state index in [-0.39, 0.29) is 0 Å². The predicted molar refractivity (Wildman–Crippen MR) is 161 cm³/mol. The van der Waals surface area contributed by atoms with Gasteiger partial charge in [0.15, 0.2) is 5.82 Å². The monoisotopic (exact) mass is 566 g/mol. The molecule has 0 fully saturated rings. The molecular formula is C34H19BrN2O2. The third-order valence-electron chi connectivity index (χ3n) is 7.19. The van der Waals surface area contributed by atoms with Crippen LogP contribution in [0.1, 0.15) is 0 Å². The summed E-state index contributed by atoms with van der Waals surface area (Å²) in [4.78, 5) is 10.1. The maximum atomic E-state index is 6.37. The van der Waals surface area contributed by atoms with E-state index in [9.17, 15) is 0 Å². The molecule has 0 spiro atoms. The van der Waals surface area contributed by atoms with E-state index in [1.54, 1.807) is 0 Å². The minimum atomic E-state index is 0.635. The van der Waals surface area contributed by atoms with Gasteiger partial charge in [0.1, 0.15) is 22.3 Å². The Morgan fingerprint density at radius 3 is 1.51 bits per heavy atom. The molecule has 3 aromatic heterocycles. The molecule has 0 radical (unpaired) electrons. The first-order valence-electron chi connectivity index (χ1n) is 12.7. The van der Waals surface area contributed by atoms with E-state index in [0.717, 1.165) is 76.4 Å². The van der Waals surface area contributed by atoms with Crippen LogP contribution in [0.3, 0.4) is 0 Å². The molecule has 0 aliphatic rings. The van der Waals surface area contributed by atoms with Gasteiger partial charge < -0.3 is 8.83 Å². The molecule has 0 unspecified atom stereocenters. The summed E-state index contributed by atoms with van der Waals surface area (Å²) in [5.41, 5.74) is 7.68. The van der Waals surface area contributed by atoms with Gasteiger partial charge in [-0.1, -0.05) is 88.7 Å². The van der Waals surface area contributed by atoms with Gasteiger partial charge in [0.25, 0.3) is 0 Å². The lowest BCUT2D eigenvalue weighted by atomic mass is 10.0. The minimum absolute atomic E-state index is 0.635. The SMILES string of the molecule is Brc1ccc(-c2nc(-c3cccc4c3oc3ccccc34)cc(-c3cccc4c3oc3ccccc34)n2)cc1. The molecule has 0 amide bonds. The highest BCUT2D eigenvalue weighted by molar-refractivity contribution is 9.10. The average molecular weight is 567 g/mol. The molecule has 0 N–H and O–H groups in total. The van der Waals surface area contributed by atoms with Gasteiger partial charge in [0, 0.05) is 42.7 Å². The van der Waals surface area contributed by atoms with Crippen LogP contribution < -0.4 is 0 Å². The summed E-state index contributed by atoms with van der Waals surface area (Å²) < 4.78 is 13.7. The fraction of sp³-hybridized carbons (Fsp3) is 0. The maximum Gasteiger partial charge on any atom is 0.160 e. The van der Waals surface area contributed by atoms with Crippen LogP contribution in [0.5, 0.6) is 0 Å². The van der Waals surface area contributed by atoms with Crippen molar-refractivity contribution in [1.29, 1.82) is 0 Å². The molecule has 3 heterocycles. The summed E-state index contributed by atoms with van der Waals surface area (Å²) in [6, 6.07) is 38.7. The van der Waals surface area contributed by atoms with E-state index >= 15 is 0 Å². The normalized spacial score (nSPS) is 11.7. The Balaban J connectivity index is 1.42. The van der Waals surface area contributed by atoms with Crippen LogP contribution in [-0.2, 0) is 0 Å². The van der Waals surface area contributed by atoms with Crippen LogP contribution in [0.4, 0.5) is 0 Å². The first kappa shape index (κ1) is 22.3. The largest absolute Gasteiger partial charge is 0.455 e. The topological polar surface area (TPSA) is 52.1 Å². The van der Waals surface area contributed by atoms with Gasteiger partial charge in [-0.2, -0.15) is 0 Å². The molecular weight excluding hydrogens is 548 g/mol. The Bertz CT molecular complexity index is 2060. The van der Waals surface area contributed by atoms with Crippen LogP contribution >= 0.6 is 15.9 Å². The number of hydrogen-bond donors (Lipinski definition) is 0. The van der Waals surface area contributed by atoms with Gasteiger partial charge in [0.05, 0.1) is 11.4 Å². The van der Waals surface area contributed by atoms with E-state index in [2.05, 4.69) is 64.5 Å². The number of aromatic nitrogens is 2. The molecule has 4 nitrogen and oxygen atoms in total. The molecule has 5 aromatic carbocycles. The molecule has 8 aromatic rings. The second-order valence-electron chi connectivity index (χ2n) is 9.53. The first-order valence-corrected chi connectivity index (χ1v) is 13.5. The first-order chi connectivity index (χ1) is 19.2. The van der Waals surface area contributed by atoms with E-state index in [1.165, 1.54) is 0 Å². The van der Waals surface area contributed by atoms with Gasteiger partial charge in [-0.3, -0.25) is 0 Å². The molecule has 0 aliphatic carbocycles. The summed E-state index contributed by atoms with van der Waals surface area (Å²) in [5.74, 6) is 0.635. The van der Waals surface area contributed by atoms with Gasteiger partial charge in [-0.15, -0.1) is 0 Å². The van der Waals surface area contributed by atoms with Crippen LogP contribution in [-0.4, -0.2) is 9.97 Å². The summed E-state index contributed by atoms with van der Waals surface area (Å²) in [6.45, 7) is 0. The Morgan fingerprint density at radius 2 is 0.974 bits per heavy atom. The average Bonchev–Trinajstić information content (AvgIpc) is 3.56. The third kappa shape index (κ3) is 3.58. The molecule has 5 heteroatoms. The maximum absolute atomic E-state index is 6.37. The lowest BCUT2D eigenvalue weighted by molar-refractivity contribution is 0.669. The minimum Gasteiger partial charge on any atom is -0.455 e. The second kappa shape index (κ2) is 8.65. The van der Waals surface area contributed by atoms with Crippen molar-refractivity contribution in [2.75, 3.05) is 0 Å². The highest BCUT2D eigenvalue weighted by Gasteiger charge is 2.18. The van der Waals surface area contributed by atoms with E-state index < -0.39 is 0 Å². The fourth-order valence-electron chi connectivity index (χ4n) is 5.35. The van der Waals surface area contributed by atoms with Gasteiger partial charge >= 0.3 is 0 Å². The van der Waals surface area contributed by atoms with Crippen LogP contribution in [0.15, 0.2) is 129 Å². The smallest absolute Gasteiger partial charge is 0.160 e. The number of fused-ring (bicyclic) bond motifs is 6. The highest BCUT2D eigenvalue weighted by Crippen LogP contribution is 2.39. The van der Waals surface area contributed by atoms with E-state index in [0.29, 0.717) is 5.82 Å². The zero-order valence-corrected chi connectivity index (χ0v) is 22.1. The molecule has 184 valence electrons. The molecule has 0 aliphatic heterocycles. The molecule has 0 saturated carbocycles. The van der Waals surface area contributed by atoms with Crippen molar-refractivity contribution in [3.05, 3.63) is 120 Å². The Kier molecular flexibility index (Phi) is 4.94. The number of halogens is 1. The Labute approximate surface area is 231 Å². The van der Waals surface area contributed by atoms with E-state index in [4.69, 9.17) is 18.8 Å². The fourth-order valence-corrected chi connectivity index (χ4v) is 5.61. The van der Waals surface area contributed by atoms with Crippen LogP contribution in [0.25, 0.3) is 77.8 Å². The third-order valence-corrected chi connectivity index (χ3v) is 7.72. The molecule has 0 saturated heterocycles. The zero-order valence-electron chi connectivity index (χ0n) is 20.6. The summed E-state index contributed by atoms with van der Waals surface area (Å²) in [6.07, 6.45) is 0. The standard InChI is InChI=1S/C34H19BrN2O2/c35-21-17-15-20(16-18-21)34-36-28(26-11-5-9-24-22-7-1-3-13-30(22)38-32(24)26)19-29(37-34)27-12-6-10-25-23-8-2-4-14-31(23)39-33(25)27/h1-19H. The Hall–Kier alpha value is -4.74. The quantitative estimate of drug-likeness (QED) is 0.213. The van der Waals surface area contributed by atoms with Crippen molar-refractivity contribution >= 4 is 59.8 Å². The van der Waals surface area contributed by atoms with Crippen molar-refractivity contribution in [2.45, 2.75) is 0 Å². The predicted octanol–water partition coefficient (Wildman–Crippen LogP) is 10.0. The molecule has 39 heavy (non-hydrogen) atoms. The van der Waals surface area contributed by atoms with Gasteiger partial charge in [-0.05, 0) is 42.5 Å². The lowest BCUT2D eigenvalue weighted by Crippen LogP contribution is -1.96. The number of para-hydroxylation sites is 4. The number of benzene rings is 5. The number of furan rings is 2. The summed E-state index contributed by atoms with van der Waals surface area (Å²) in [7, 11) is 0. The van der Waals surface area contributed by atoms with Gasteiger partial charge in [0.2, 0.25) is 0 Å². The number of hydrogen-bond acceptors (Lipinski definition) is 4.